The molecule has 0 heterocycles. The summed E-state index contributed by atoms with van der Waals surface area (Å²) in [4.78, 5) is 14.3. The summed E-state index contributed by atoms with van der Waals surface area (Å²) in [6, 6.07) is 16.5. The lowest BCUT2D eigenvalue weighted by Crippen LogP contribution is -2.24. The Labute approximate surface area is 140 Å². The van der Waals surface area contributed by atoms with Gasteiger partial charge in [-0.1, -0.05) is 65.5 Å². The van der Waals surface area contributed by atoms with Crippen LogP contribution in [0.2, 0.25) is 0 Å². The van der Waals surface area contributed by atoms with Crippen LogP contribution in [0.5, 0.6) is 0 Å². The van der Waals surface area contributed by atoms with Gasteiger partial charge < -0.3 is 10.1 Å². The number of rotatable bonds is 5. The smallest absolute Gasteiger partial charge is 0.407 e. The van der Waals surface area contributed by atoms with E-state index in [4.69, 9.17) is 10.3 Å². The summed E-state index contributed by atoms with van der Waals surface area (Å²) in [5.41, 5.74) is 10.6. The molecule has 0 unspecified atom stereocenters. The molecule has 0 aliphatic rings. The van der Waals surface area contributed by atoms with E-state index in [9.17, 15) is 4.79 Å². The maximum Gasteiger partial charge on any atom is 0.407 e. The van der Waals surface area contributed by atoms with Gasteiger partial charge in [-0.3, -0.25) is 0 Å². The third-order valence-electron chi connectivity index (χ3n) is 3.01. The van der Waals surface area contributed by atoms with Crippen molar-refractivity contribution in [1.82, 2.24) is 5.32 Å². The summed E-state index contributed by atoms with van der Waals surface area (Å²) in [6.45, 7) is 0.613. The number of azide groups is 1. The molecule has 0 aromatic heterocycles. The van der Waals surface area contributed by atoms with E-state index in [1.165, 1.54) is 0 Å². The number of benzene rings is 2. The number of ether oxygens (including phenoxy) is 1. The van der Waals surface area contributed by atoms with Crippen molar-refractivity contribution in [2.24, 2.45) is 5.11 Å². The van der Waals surface area contributed by atoms with Crippen LogP contribution in [0, 0.1) is 11.8 Å². The van der Waals surface area contributed by atoms with Crippen molar-refractivity contribution in [2.75, 3.05) is 6.54 Å². The molecule has 24 heavy (non-hydrogen) atoms. The Balaban J connectivity index is 1.73. The quantitative estimate of drug-likeness (QED) is 0.293. The van der Waals surface area contributed by atoms with Crippen LogP contribution in [0.4, 0.5) is 10.5 Å². The molecule has 2 aromatic rings. The minimum Gasteiger partial charge on any atom is -0.445 e. The largest absolute Gasteiger partial charge is 0.445 e. The summed E-state index contributed by atoms with van der Waals surface area (Å²) in [6.07, 6.45) is -0.0134. The van der Waals surface area contributed by atoms with Gasteiger partial charge in [-0.15, -0.1) is 0 Å². The molecule has 0 saturated heterocycles. The van der Waals surface area contributed by atoms with Gasteiger partial charge in [0.2, 0.25) is 0 Å². The predicted octanol–water partition coefficient (Wildman–Crippen LogP) is 4.30. The number of nitrogens with zero attached hydrogens (tertiary/aromatic N) is 3. The number of carbonyl (C=O) groups excluding carboxylic acids is 1. The van der Waals surface area contributed by atoms with Crippen LogP contribution in [0.25, 0.3) is 10.4 Å². The average molecular weight is 320 g/mol. The monoisotopic (exact) mass is 320 g/mol. The van der Waals surface area contributed by atoms with Gasteiger partial charge in [0.05, 0.1) is 5.69 Å². The molecule has 0 aliphatic heterocycles. The fourth-order valence-electron chi connectivity index (χ4n) is 1.87. The molecule has 0 saturated carbocycles. The molecule has 2 rings (SSSR count). The number of hydrogen-bond donors (Lipinski definition) is 1. The van der Waals surface area contributed by atoms with E-state index in [1.54, 1.807) is 18.2 Å². The highest BCUT2D eigenvalue weighted by atomic mass is 16.5. The SMILES string of the molecule is [N-]=[N+]=Nc1ccccc1C#CCCNC(=O)OCc1ccccc1. The zero-order chi connectivity index (χ0) is 17.0. The van der Waals surface area contributed by atoms with E-state index in [1.807, 2.05) is 36.4 Å². The molecule has 1 amide bonds. The van der Waals surface area contributed by atoms with Crippen LogP contribution in [0.15, 0.2) is 59.7 Å². The molecule has 0 aliphatic carbocycles. The van der Waals surface area contributed by atoms with E-state index in [-0.39, 0.29) is 6.61 Å². The van der Waals surface area contributed by atoms with Gasteiger partial charge in [0.15, 0.2) is 0 Å². The van der Waals surface area contributed by atoms with Gasteiger partial charge in [0.1, 0.15) is 6.61 Å². The zero-order valence-corrected chi connectivity index (χ0v) is 13.0. The molecule has 0 fully saturated rings. The van der Waals surface area contributed by atoms with Crippen molar-refractivity contribution in [3.05, 3.63) is 76.2 Å². The lowest BCUT2D eigenvalue weighted by Gasteiger charge is -2.05. The molecular weight excluding hydrogens is 304 g/mol. The van der Waals surface area contributed by atoms with E-state index < -0.39 is 6.09 Å². The molecule has 6 nitrogen and oxygen atoms in total. The van der Waals surface area contributed by atoms with E-state index in [0.717, 1.165) is 5.56 Å². The maximum atomic E-state index is 11.6. The molecule has 0 radical (unpaired) electrons. The summed E-state index contributed by atoms with van der Waals surface area (Å²) in [5.74, 6) is 5.85. The van der Waals surface area contributed by atoms with Crippen LogP contribution in [-0.2, 0) is 11.3 Å². The normalized spacial score (nSPS) is 9.17. The standard InChI is InChI=1S/C18H16N4O2/c19-22-21-17-12-5-4-10-16(17)11-6-7-13-20-18(23)24-14-15-8-2-1-3-9-15/h1-5,8-10,12H,7,13-14H2,(H,20,23). The second kappa shape index (κ2) is 9.57. The number of alkyl carbamates (subject to hydrolysis) is 1. The molecule has 120 valence electrons. The van der Waals surface area contributed by atoms with Gasteiger partial charge >= 0.3 is 6.09 Å². The maximum absolute atomic E-state index is 11.6. The molecule has 0 spiro atoms. The molecule has 0 atom stereocenters. The Kier molecular flexibility index (Phi) is 6.75. The van der Waals surface area contributed by atoms with E-state index in [2.05, 4.69) is 27.2 Å². The summed E-state index contributed by atoms with van der Waals surface area (Å²) in [5, 5.41) is 6.21. The van der Waals surface area contributed by atoms with Crippen LogP contribution in [-0.4, -0.2) is 12.6 Å². The van der Waals surface area contributed by atoms with Crippen LogP contribution < -0.4 is 5.32 Å². The van der Waals surface area contributed by atoms with Crippen molar-refractivity contribution < 1.29 is 9.53 Å². The first kappa shape index (κ1) is 16.9. The number of nitrogens with one attached hydrogen (secondary N) is 1. The number of hydrogen-bond acceptors (Lipinski definition) is 3. The van der Waals surface area contributed by atoms with E-state index in [0.29, 0.717) is 24.2 Å². The molecule has 2 aromatic carbocycles. The topological polar surface area (TPSA) is 87.1 Å². The van der Waals surface area contributed by atoms with Crippen molar-refractivity contribution >= 4 is 11.8 Å². The lowest BCUT2D eigenvalue weighted by atomic mass is 10.2. The van der Waals surface area contributed by atoms with Gasteiger partial charge in [0, 0.05) is 23.4 Å². The van der Waals surface area contributed by atoms with Gasteiger partial charge in [-0.25, -0.2) is 4.79 Å². The fourth-order valence-corrected chi connectivity index (χ4v) is 1.87. The highest BCUT2D eigenvalue weighted by molar-refractivity contribution is 5.67. The number of carbonyl (C=O) groups is 1. The average Bonchev–Trinajstić information content (AvgIpc) is 2.62. The Hall–Kier alpha value is -3.42. The second-order valence-corrected chi connectivity index (χ2v) is 4.75. The lowest BCUT2D eigenvalue weighted by molar-refractivity contribution is 0.140. The third-order valence-corrected chi connectivity index (χ3v) is 3.01. The van der Waals surface area contributed by atoms with Crippen LogP contribution in [0.3, 0.4) is 0 Å². The fraction of sp³-hybridized carbons (Fsp3) is 0.167. The first-order valence-electron chi connectivity index (χ1n) is 7.37. The van der Waals surface area contributed by atoms with Gasteiger partial charge in [-0.2, -0.15) is 0 Å². The van der Waals surface area contributed by atoms with Crippen LogP contribution in [0.1, 0.15) is 17.5 Å². The minimum atomic E-state index is -0.477. The zero-order valence-electron chi connectivity index (χ0n) is 13.0. The van der Waals surface area contributed by atoms with Crippen molar-refractivity contribution in [3.63, 3.8) is 0 Å². The first-order chi connectivity index (χ1) is 11.8. The first-order valence-corrected chi connectivity index (χ1v) is 7.37. The summed E-state index contributed by atoms with van der Waals surface area (Å²) >= 11 is 0. The Morgan fingerprint density at radius 2 is 1.92 bits per heavy atom. The van der Waals surface area contributed by atoms with Crippen LogP contribution >= 0.6 is 0 Å². The molecule has 0 bridgehead atoms. The molecule has 6 heteroatoms. The highest BCUT2D eigenvalue weighted by Crippen LogP contribution is 2.17. The van der Waals surface area contributed by atoms with Crippen molar-refractivity contribution in [1.29, 1.82) is 0 Å². The van der Waals surface area contributed by atoms with E-state index >= 15 is 0 Å². The molecule has 1 N–H and O–H groups in total. The Morgan fingerprint density at radius 1 is 1.17 bits per heavy atom. The summed E-state index contributed by atoms with van der Waals surface area (Å²) in [7, 11) is 0. The molecular formula is C18H16N4O2. The van der Waals surface area contributed by atoms with Crippen molar-refractivity contribution in [3.8, 4) is 11.8 Å². The second-order valence-electron chi connectivity index (χ2n) is 4.75. The van der Waals surface area contributed by atoms with Gasteiger partial charge in [-0.05, 0) is 17.2 Å². The van der Waals surface area contributed by atoms with Crippen molar-refractivity contribution in [2.45, 2.75) is 13.0 Å². The number of amides is 1. The summed E-state index contributed by atoms with van der Waals surface area (Å²) < 4.78 is 5.09. The Morgan fingerprint density at radius 3 is 2.71 bits per heavy atom. The predicted molar refractivity (Wildman–Crippen MR) is 91.4 cm³/mol. The minimum absolute atomic E-state index is 0.234. The highest BCUT2D eigenvalue weighted by Gasteiger charge is 2.00. The third kappa shape index (κ3) is 5.76. The van der Waals surface area contributed by atoms with Gasteiger partial charge in [0.25, 0.3) is 0 Å². The Bertz CT molecular complexity index is 787.